The fourth-order valence-corrected chi connectivity index (χ4v) is 5.35. The van der Waals surface area contributed by atoms with E-state index < -0.39 is 22.8 Å². The second kappa shape index (κ2) is 13.4. The summed E-state index contributed by atoms with van der Waals surface area (Å²) in [5, 5.41) is 9.53. The SMILES string of the molecule is COC(=O)c1nn(COCC[Si](C)(C)C)c2cc(Oc3ccc(-c4ccnn4COCC[SiH](C)C)cn3)ccc12. The lowest BCUT2D eigenvalue weighted by atomic mass is 10.2. The van der Waals surface area contributed by atoms with Crippen LogP contribution in [0.3, 0.4) is 0 Å². The molecular weight excluding hydrogens is 543 g/mol. The molecule has 0 saturated heterocycles. The molecule has 12 heteroatoms. The lowest BCUT2D eigenvalue weighted by Crippen LogP contribution is -2.22. The topological polar surface area (TPSA) is 103 Å². The van der Waals surface area contributed by atoms with Crippen molar-refractivity contribution in [1.82, 2.24) is 24.5 Å². The van der Waals surface area contributed by atoms with Crippen molar-refractivity contribution in [2.75, 3.05) is 20.3 Å². The zero-order chi connectivity index (χ0) is 28.7. The van der Waals surface area contributed by atoms with Gasteiger partial charge in [0, 0.05) is 65.6 Å². The summed E-state index contributed by atoms with van der Waals surface area (Å²) in [5.74, 6) is 0.515. The Bertz CT molecular complexity index is 1410. The zero-order valence-electron chi connectivity index (χ0n) is 24.2. The van der Waals surface area contributed by atoms with Gasteiger partial charge in [0.25, 0.3) is 0 Å². The molecule has 0 spiro atoms. The van der Waals surface area contributed by atoms with E-state index in [1.165, 1.54) is 7.11 Å². The molecule has 4 aromatic rings. The van der Waals surface area contributed by atoms with Crippen molar-refractivity contribution in [1.29, 1.82) is 0 Å². The molecule has 0 aliphatic carbocycles. The quantitative estimate of drug-likeness (QED) is 0.107. The number of carbonyl (C=O) groups is 1. The summed E-state index contributed by atoms with van der Waals surface area (Å²) in [6.45, 7) is 13.6. The smallest absolute Gasteiger partial charge is 0.359 e. The van der Waals surface area contributed by atoms with Gasteiger partial charge < -0.3 is 18.9 Å². The van der Waals surface area contributed by atoms with Gasteiger partial charge in [-0.15, -0.1) is 0 Å². The van der Waals surface area contributed by atoms with Crippen molar-refractivity contribution in [2.45, 2.75) is 58.3 Å². The number of rotatable bonds is 14. The van der Waals surface area contributed by atoms with Gasteiger partial charge in [-0.1, -0.05) is 32.7 Å². The maximum absolute atomic E-state index is 12.3. The van der Waals surface area contributed by atoms with Gasteiger partial charge in [-0.05, 0) is 36.4 Å². The van der Waals surface area contributed by atoms with Crippen molar-refractivity contribution in [3.63, 3.8) is 0 Å². The third-order valence-electron chi connectivity index (χ3n) is 6.34. The summed E-state index contributed by atoms with van der Waals surface area (Å²) in [7, 11) is -0.508. The van der Waals surface area contributed by atoms with Crippen LogP contribution in [0.15, 0.2) is 48.8 Å². The largest absolute Gasteiger partial charge is 0.464 e. The van der Waals surface area contributed by atoms with Crippen molar-refractivity contribution in [3.8, 4) is 22.9 Å². The molecule has 4 rings (SSSR count). The van der Waals surface area contributed by atoms with Crippen LogP contribution < -0.4 is 4.74 Å². The molecule has 0 atom stereocenters. The minimum Gasteiger partial charge on any atom is -0.464 e. The highest BCUT2D eigenvalue weighted by atomic mass is 28.3. The number of pyridine rings is 1. The molecule has 0 aliphatic rings. The first-order valence-electron chi connectivity index (χ1n) is 13.5. The fraction of sp³-hybridized carbons (Fsp3) is 0.429. The third kappa shape index (κ3) is 7.87. The summed E-state index contributed by atoms with van der Waals surface area (Å²) in [5.41, 5.74) is 2.80. The Labute approximate surface area is 237 Å². The van der Waals surface area contributed by atoms with Crippen LogP contribution in [0.1, 0.15) is 10.5 Å². The summed E-state index contributed by atoms with van der Waals surface area (Å²) < 4.78 is 26.2. The van der Waals surface area contributed by atoms with Crippen LogP contribution in [0.4, 0.5) is 0 Å². The van der Waals surface area contributed by atoms with E-state index in [-0.39, 0.29) is 12.4 Å². The van der Waals surface area contributed by atoms with Crippen LogP contribution in [0.2, 0.25) is 44.8 Å². The molecule has 0 bridgehead atoms. The van der Waals surface area contributed by atoms with E-state index in [4.69, 9.17) is 18.9 Å². The average molecular weight is 582 g/mol. The number of carbonyl (C=O) groups excluding carboxylic acids is 1. The predicted molar refractivity (Wildman–Crippen MR) is 160 cm³/mol. The summed E-state index contributed by atoms with van der Waals surface area (Å²) in [6.07, 6.45) is 3.52. The molecule has 10 nitrogen and oxygen atoms in total. The molecule has 3 aromatic heterocycles. The van der Waals surface area contributed by atoms with Crippen LogP contribution in [0.25, 0.3) is 22.2 Å². The Kier molecular flexibility index (Phi) is 9.90. The minimum atomic E-state index is -1.22. The molecular formula is C28H39N5O5Si2. The van der Waals surface area contributed by atoms with Gasteiger partial charge in [0.05, 0.1) is 18.3 Å². The van der Waals surface area contributed by atoms with E-state index in [2.05, 4.69) is 47.9 Å². The standard InChI is InChI=1S/C28H39N5O5Si2/c1-35-28(34)27-23-9-8-22(17-25(23)33(31-27)20-37-14-16-40(4,5)6)38-26-10-7-21(18-29-26)24-11-12-30-32(24)19-36-13-15-39(2)3/h7-12,17-18,39H,13-16,19-20H2,1-6H3. The van der Waals surface area contributed by atoms with E-state index in [9.17, 15) is 4.79 Å². The van der Waals surface area contributed by atoms with Gasteiger partial charge in [-0.2, -0.15) is 10.2 Å². The number of esters is 1. The molecule has 0 amide bonds. The molecule has 0 saturated carbocycles. The number of hydrogen-bond donors (Lipinski definition) is 0. The lowest BCUT2D eigenvalue weighted by Gasteiger charge is -2.15. The molecule has 0 radical (unpaired) electrons. The number of hydrogen-bond acceptors (Lipinski definition) is 8. The van der Waals surface area contributed by atoms with Gasteiger partial charge in [0.1, 0.15) is 19.2 Å². The Morgan fingerprint density at radius 1 is 1.00 bits per heavy atom. The van der Waals surface area contributed by atoms with Gasteiger partial charge in [-0.25, -0.2) is 19.1 Å². The molecule has 3 heterocycles. The second-order valence-electron chi connectivity index (χ2n) is 11.3. The molecule has 40 heavy (non-hydrogen) atoms. The lowest BCUT2D eigenvalue weighted by molar-refractivity contribution is 0.0585. The van der Waals surface area contributed by atoms with Gasteiger partial charge in [0.2, 0.25) is 5.88 Å². The molecule has 214 valence electrons. The zero-order valence-corrected chi connectivity index (χ0v) is 26.4. The van der Waals surface area contributed by atoms with Crippen molar-refractivity contribution < 1.29 is 23.7 Å². The molecule has 0 aliphatic heterocycles. The van der Waals surface area contributed by atoms with E-state index in [1.54, 1.807) is 29.2 Å². The normalized spacial score (nSPS) is 11.9. The molecule has 1 aromatic carbocycles. The van der Waals surface area contributed by atoms with Crippen molar-refractivity contribution in [2.24, 2.45) is 0 Å². The first-order chi connectivity index (χ1) is 19.1. The maximum Gasteiger partial charge on any atom is 0.359 e. The van der Waals surface area contributed by atoms with E-state index in [1.807, 2.05) is 28.9 Å². The van der Waals surface area contributed by atoms with Crippen molar-refractivity contribution >= 4 is 33.7 Å². The third-order valence-corrected chi connectivity index (χ3v) is 9.43. The number of benzene rings is 1. The predicted octanol–water partition coefficient (Wildman–Crippen LogP) is 5.65. The Morgan fingerprint density at radius 2 is 1.77 bits per heavy atom. The average Bonchev–Trinajstić information content (AvgIpc) is 3.53. The van der Waals surface area contributed by atoms with E-state index in [0.717, 1.165) is 30.0 Å². The van der Waals surface area contributed by atoms with Crippen LogP contribution in [0.5, 0.6) is 11.6 Å². The van der Waals surface area contributed by atoms with Crippen LogP contribution in [0, 0.1) is 0 Å². The molecule has 0 unspecified atom stereocenters. The van der Waals surface area contributed by atoms with Crippen LogP contribution in [-0.4, -0.2) is 67.7 Å². The van der Waals surface area contributed by atoms with E-state index in [0.29, 0.717) is 35.9 Å². The number of ether oxygens (including phenoxy) is 4. The Balaban J connectivity index is 1.47. The van der Waals surface area contributed by atoms with Gasteiger partial charge >= 0.3 is 5.97 Å². The van der Waals surface area contributed by atoms with Gasteiger partial charge in [0.15, 0.2) is 5.69 Å². The second-order valence-corrected chi connectivity index (χ2v) is 20.3. The van der Waals surface area contributed by atoms with Crippen LogP contribution in [-0.2, 0) is 27.7 Å². The van der Waals surface area contributed by atoms with Gasteiger partial charge in [-0.3, -0.25) is 0 Å². The maximum atomic E-state index is 12.3. The van der Waals surface area contributed by atoms with Crippen LogP contribution >= 0.6 is 0 Å². The number of nitrogens with zero attached hydrogens (tertiary/aromatic N) is 5. The highest BCUT2D eigenvalue weighted by Gasteiger charge is 2.19. The minimum absolute atomic E-state index is 0.227. The Hall–Kier alpha value is -3.33. The summed E-state index contributed by atoms with van der Waals surface area (Å²) in [6, 6.07) is 13.3. The highest BCUT2D eigenvalue weighted by molar-refractivity contribution is 6.76. The van der Waals surface area contributed by atoms with Crippen molar-refractivity contribution in [3.05, 3.63) is 54.5 Å². The van der Waals surface area contributed by atoms with E-state index >= 15 is 0 Å². The number of methoxy groups -OCH3 is 1. The first-order valence-corrected chi connectivity index (χ1v) is 20.4. The summed E-state index contributed by atoms with van der Waals surface area (Å²) in [4.78, 5) is 16.9. The fourth-order valence-electron chi connectivity index (χ4n) is 3.96. The number of aromatic nitrogens is 5. The first kappa shape index (κ1) is 29.7. The monoisotopic (exact) mass is 581 g/mol. The number of fused-ring (bicyclic) bond motifs is 1. The molecule has 0 fully saturated rings. The molecule has 0 N–H and O–H groups in total. The Morgan fingerprint density at radius 3 is 2.48 bits per heavy atom. The highest BCUT2D eigenvalue weighted by Crippen LogP contribution is 2.28. The summed E-state index contributed by atoms with van der Waals surface area (Å²) >= 11 is 0.